The number of ether oxygens (including phenoxy) is 1. The number of piperazine rings is 1. The van der Waals surface area contributed by atoms with Gasteiger partial charge >= 0.3 is 5.69 Å². The third kappa shape index (κ3) is 6.77. The Morgan fingerprint density at radius 3 is 2.20 bits per heavy atom. The van der Waals surface area contributed by atoms with Crippen LogP contribution >= 0.6 is 0 Å². The Hall–Kier alpha value is -5.50. The molecular weight excluding hydrogens is 634 g/mol. The number of anilines is 2. The van der Waals surface area contributed by atoms with Crippen LogP contribution in [0.1, 0.15) is 38.0 Å². The number of hydrogen-bond donors (Lipinski definition) is 0. The number of aromatic nitrogens is 6. The molecule has 254 valence electrons. The molecule has 2 aliphatic heterocycles. The molecule has 0 N–H and O–H groups in total. The third-order valence-electron chi connectivity index (χ3n) is 9.01. The van der Waals surface area contributed by atoms with Gasteiger partial charge in [-0.1, -0.05) is 13.0 Å². The molecule has 7 rings (SSSR count). The maximum absolute atomic E-state index is 14.7. The van der Waals surface area contributed by atoms with Gasteiger partial charge in [0.15, 0.2) is 11.9 Å². The van der Waals surface area contributed by atoms with Gasteiger partial charge in [-0.2, -0.15) is 15.1 Å². The average Bonchev–Trinajstić information content (AvgIpc) is 3.88. The van der Waals surface area contributed by atoms with Gasteiger partial charge in [0, 0.05) is 54.8 Å². The quantitative estimate of drug-likeness (QED) is 0.175. The van der Waals surface area contributed by atoms with Crippen LogP contribution in [0.4, 0.5) is 20.2 Å². The summed E-state index contributed by atoms with van der Waals surface area (Å²) in [5, 5.41) is 8.39. The molecule has 3 aromatic carbocycles. The lowest BCUT2D eigenvalue weighted by Crippen LogP contribution is -2.46. The highest BCUT2D eigenvalue weighted by molar-refractivity contribution is 5.55. The fraction of sp³-hybridized carbons (Fsp3) is 0.314. The summed E-state index contributed by atoms with van der Waals surface area (Å²) in [6.45, 7) is 7.63. The van der Waals surface area contributed by atoms with Crippen molar-refractivity contribution in [3.8, 4) is 11.4 Å². The molecule has 0 bridgehead atoms. The lowest BCUT2D eigenvalue weighted by atomic mass is 10.0. The van der Waals surface area contributed by atoms with E-state index in [0.717, 1.165) is 55.7 Å². The summed E-state index contributed by atoms with van der Waals surface area (Å²) in [6.07, 6.45) is 4.43. The Morgan fingerprint density at radius 2 is 1.57 bits per heavy atom. The molecule has 0 spiro atoms. The van der Waals surface area contributed by atoms with E-state index in [9.17, 15) is 13.6 Å². The lowest BCUT2D eigenvalue weighted by Gasteiger charge is -2.37. The Morgan fingerprint density at radius 1 is 0.898 bits per heavy atom. The van der Waals surface area contributed by atoms with Crippen molar-refractivity contribution in [1.29, 1.82) is 0 Å². The van der Waals surface area contributed by atoms with Crippen molar-refractivity contribution >= 4 is 11.4 Å². The molecule has 1 saturated heterocycles. The Bertz CT molecular complexity index is 1970. The first-order chi connectivity index (χ1) is 23.9. The standard InChI is InChI=1S/C35H36F2N8O4/c1-3-24(2)45-35(46)44(23-40-45)28-7-5-26(6-8-28)41-14-16-42(17-15-41)27-9-11-29(12-10-27)47-20-31-33(19-43-22-38-21-39-43)48-49-34(31)30-13-4-25(36)18-32(30)37/h4-13,18,21-24,34H,3,14-17,19-20H2,1-2H3. The zero-order valence-electron chi connectivity index (χ0n) is 27.2. The van der Waals surface area contributed by atoms with E-state index in [1.165, 1.54) is 29.5 Å². The molecule has 1 fully saturated rings. The van der Waals surface area contributed by atoms with Crippen molar-refractivity contribution in [1.82, 2.24) is 29.1 Å². The minimum atomic E-state index is -0.914. The first-order valence-corrected chi connectivity index (χ1v) is 16.2. The zero-order valence-corrected chi connectivity index (χ0v) is 27.2. The van der Waals surface area contributed by atoms with Gasteiger partial charge in [-0.3, -0.25) is 0 Å². The van der Waals surface area contributed by atoms with Crippen LogP contribution in [-0.4, -0.2) is 61.9 Å². The summed E-state index contributed by atoms with van der Waals surface area (Å²) >= 11 is 0. The molecule has 0 amide bonds. The van der Waals surface area contributed by atoms with E-state index in [4.69, 9.17) is 14.5 Å². The number of nitrogens with zero attached hydrogens (tertiary/aromatic N) is 8. The molecule has 4 heterocycles. The van der Waals surface area contributed by atoms with Crippen molar-refractivity contribution in [3.05, 3.63) is 125 Å². The van der Waals surface area contributed by atoms with E-state index in [0.29, 0.717) is 17.1 Å². The molecule has 12 nitrogen and oxygen atoms in total. The van der Waals surface area contributed by atoms with Gasteiger partial charge in [0.25, 0.3) is 0 Å². The highest BCUT2D eigenvalue weighted by Crippen LogP contribution is 2.38. The van der Waals surface area contributed by atoms with E-state index >= 15 is 0 Å². The second-order valence-electron chi connectivity index (χ2n) is 12.0. The Kier molecular flexibility index (Phi) is 9.11. The monoisotopic (exact) mass is 670 g/mol. The summed E-state index contributed by atoms with van der Waals surface area (Å²) in [5.74, 6) is -0.387. The summed E-state index contributed by atoms with van der Waals surface area (Å²) in [7, 11) is 0. The van der Waals surface area contributed by atoms with Gasteiger partial charge in [0.05, 0.1) is 11.7 Å². The SMILES string of the molecule is CCC(C)n1ncn(-c2ccc(N3CCN(c4ccc(OCC5=C(Cn6cncn6)OOC5c5ccc(F)cc5F)cc4)CC3)cc2)c1=O. The molecule has 2 unspecified atom stereocenters. The molecule has 0 aliphatic carbocycles. The normalized spacial score (nSPS) is 17.0. The van der Waals surface area contributed by atoms with E-state index in [2.05, 4.69) is 25.0 Å². The molecule has 14 heteroatoms. The van der Waals surface area contributed by atoms with Crippen molar-refractivity contribution in [2.45, 2.75) is 39.0 Å². The van der Waals surface area contributed by atoms with E-state index < -0.39 is 17.7 Å². The van der Waals surface area contributed by atoms with Crippen molar-refractivity contribution in [3.63, 3.8) is 0 Å². The smallest absolute Gasteiger partial charge is 0.350 e. The highest BCUT2D eigenvalue weighted by atomic mass is 19.1. The van der Waals surface area contributed by atoms with E-state index in [-0.39, 0.29) is 30.4 Å². The minimum absolute atomic E-state index is 0.0478. The van der Waals surface area contributed by atoms with Gasteiger partial charge in [0.1, 0.15) is 49.5 Å². The minimum Gasteiger partial charge on any atom is -0.489 e. The van der Waals surface area contributed by atoms with Crippen LogP contribution in [0, 0.1) is 11.6 Å². The van der Waals surface area contributed by atoms with Crippen LogP contribution in [0.2, 0.25) is 0 Å². The van der Waals surface area contributed by atoms with Gasteiger partial charge in [0.2, 0.25) is 0 Å². The highest BCUT2D eigenvalue weighted by Gasteiger charge is 2.34. The molecule has 49 heavy (non-hydrogen) atoms. The predicted molar refractivity (Wildman–Crippen MR) is 178 cm³/mol. The summed E-state index contributed by atoms with van der Waals surface area (Å²) < 4.78 is 39.1. The van der Waals surface area contributed by atoms with Crippen LogP contribution in [0.5, 0.6) is 5.75 Å². The van der Waals surface area contributed by atoms with Crippen LogP contribution in [0.25, 0.3) is 5.69 Å². The fourth-order valence-electron chi connectivity index (χ4n) is 5.99. The number of benzene rings is 3. The maximum Gasteiger partial charge on any atom is 0.350 e. The summed E-state index contributed by atoms with van der Waals surface area (Å²) in [4.78, 5) is 32.4. The number of rotatable bonds is 11. The first kappa shape index (κ1) is 32.1. The maximum atomic E-state index is 14.7. The zero-order chi connectivity index (χ0) is 33.9. The van der Waals surface area contributed by atoms with Crippen LogP contribution < -0.4 is 20.2 Å². The Balaban J connectivity index is 0.972. The van der Waals surface area contributed by atoms with E-state index in [1.54, 1.807) is 15.6 Å². The summed E-state index contributed by atoms with van der Waals surface area (Å²) in [6, 6.07) is 19.2. The van der Waals surface area contributed by atoms with Crippen molar-refractivity contribution in [2.24, 2.45) is 0 Å². The third-order valence-corrected chi connectivity index (χ3v) is 9.01. The van der Waals surface area contributed by atoms with Gasteiger partial charge in [-0.15, -0.1) is 0 Å². The number of hydrogen-bond acceptors (Lipinski definition) is 9. The second kappa shape index (κ2) is 13.9. The Labute approximate surface area is 281 Å². The summed E-state index contributed by atoms with van der Waals surface area (Å²) in [5.41, 5.74) is 3.53. The van der Waals surface area contributed by atoms with Gasteiger partial charge < -0.3 is 19.4 Å². The molecule has 0 radical (unpaired) electrons. The largest absolute Gasteiger partial charge is 0.489 e. The molecule has 5 aromatic rings. The number of allylic oxidation sites excluding steroid dienone is 1. The van der Waals surface area contributed by atoms with Crippen LogP contribution in [-0.2, 0) is 16.3 Å². The topological polar surface area (TPSA) is 105 Å². The molecule has 2 aromatic heterocycles. The molecule has 2 atom stereocenters. The number of halogens is 2. The fourth-order valence-corrected chi connectivity index (χ4v) is 5.99. The first-order valence-electron chi connectivity index (χ1n) is 16.2. The van der Waals surface area contributed by atoms with Crippen molar-refractivity contribution < 1.29 is 23.3 Å². The molecular formula is C35H36F2N8O4. The molecule has 0 saturated carbocycles. The van der Waals surface area contributed by atoms with Crippen LogP contribution in [0.15, 0.2) is 102 Å². The van der Waals surface area contributed by atoms with Gasteiger partial charge in [-0.25, -0.2) is 32.5 Å². The van der Waals surface area contributed by atoms with Crippen molar-refractivity contribution in [2.75, 3.05) is 42.6 Å². The second-order valence-corrected chi connectivity index (χ2v) is 12.0. The lowest BCUT2D eigenvalue weighted by molar-refractivity contribution is -0.268. The van der Waals surface area contributed by atoms with Crippen LogP contribution in [0.3, 0.4) is 0 Å². The molecule has 2 aliphatic rings. The predicted octanol–water partition coefficient (Wildman–Crippen LogP) is 5.24. The van der Waals surface area contributed by atoms with Gasteiger partial charge in [-0.05, 0) is 67.9 Å². The average molecular weight is 671 g/mol. The van der Waals surface area contributed by atoms with E-state index in [1.807, 2.05) is 62.4 Å².